The zero-order chi connectivity index (χ0) is 13.1. The van der Waals surface area contributed by atoms with E-state index in [0.29, 0.717) is 16.9 Å². The van der Waals surface area contributed by atoms with Crippen LogP contribution in [0.15, 0.2) is 46.9 Å². The fourth-order valence-corrected chi connectivity index (χ4v) is 1.84. The third-order valence-electron chi connectivity index (χ3n) is 2.49. The number of para-hydroxylation sites is 1. The molecular formula is C13H12BrN3O. The SMILES string of the molecule is NC(=O)c1cccc(Nc2ccc(Br)cc2)c1N. The van der Waals surface area contributed by atoms with Gasteiger partial charge in [-0.3, -0.25) is 4.79 Å². The number of carbonyl (C=O) groups excluding carboxylic acids is 1. The summed E-state index contributed by atoms with van der Waals surface area (Å²) in [6.45, 7) is 0. The van der Waals surface area contributed by atoms with Crippen molar-refractivity contribution in [3.63, 3.8) is 0 Å². The summed E-state index contributed by atoms with van der Waals surface area (Å²) >= 11 is 3.36. The second-order valence-electron chi connectivity index (χ2n) is 3.76. The predicted molar refractivity (Wildman–Crippen MR) is 76.8 cm³/mol. The summed E-state index contributed by atoms with van der Waals surface area (Å²) in [4.78, 5) is 11.2. The smallest absolute Gasteiger partial charge is 0.250 e. The van der Waals surface area contributed by atoms with Gasteiger partial charge in [-0.1, -0.05) is 22.0 Å². The Morgan fingerprint density at radius 1 is 1.11 bits per heavy atom. The molecule has 0 aliphatic carbocycles. The van der Waals surface area contributed by atoms with E-state index in [0.717, 1.165) is 10.2 Å². The standard InChI is InChI=1S/C13H12BrN3O/c14-8-4-6-9(7-5-8)17-11-3-1-2-10(12(11)15)13(16)18/h1-7,17H,15H2,(H2,16,18). The summed E-state index contributed by atoms with van der Waals surface area (Å²) in [6, 6.07) is 12.8. The van der Waals surface area contributed by atoms with Crippen molar-refractivity contribution < 1.29 is 4.79 Å². The van der Waals surface area contributed by atoms with Crippen molar-refractivity contribution >= 4 is 38.9 Å². The third kappa shape index (κ3) is 2.62. The Morgan fingerprint density at radius 3 is 2.39 bits per heavy atom. The van der Waals surface area contributed by atoms with Gasteiger partial charge in [0.05, 0.1) is 16.9 Å². The molecule has 0 saturated carbocycles. The summed E-state index contributed by atoms with van der Waals surface area (Å²) in [5, 5.41) is 3.14. The van der Waals surface area contributed by atoms with Crippen LogP contribution in [0.1, 0.15) is 10.4 Å². The van der Waals surface area contributed by atoms with E-state index in [9.17, 15) is 4.79 Å². The lowest BCUT2D eigenvalue weighted by molar-refractivity contribution is 0.100. The lowest BCUT2D eigenvalue weighted by Gasteiger charge is -2.11. The lowest BCUT2D eigenvalue weighted by atomic mass is 10.1. The highest BCUT2D eigenvalue weighted by Crippen LogP contribution is 2.26. The molecule has 0 fully saturated rings. The van der Waals surface area contributed by atoms with Gasteiger partial charge in [0.2, 0.25) is 0 Å². The number of amides is 1. The Hall–Kier alpha value is -2.01. The molecule has 18 heavy (non-hydrogen) atoms. The summed E-state index contributed by atoms with van der Waals surface area (Å²) in [5.41, 5.74) is 13.3. The Morgan fingerprint density at radius 2 is 1.78 bits per heavy atom. The van der Waals surface area contributed by atoms with Crippen molar-refractivity contribution in [3.8, 4) is 0 Å². The molecule has 2 aromatic carbocycles. The highest BCUT2D eigenvalue weighted by atomic mass is 79.9. The highest BCUT2D eigenvalue weighted by molar-refractivity contribution is 9.10. The molecular weight excluding hydrogens is 294 g/mol. The van der Waals surface area contributed by atoms with Crippen molar-refractivity contribution in [3.05, 3.63) is 52.5 Å². The second kappa shape index (κ2) is 5.10. The average Bonchev–Trinajstić information content (AvgIpc) is 2.34. The maximum Gasteiger partial charge on any atom is 0.250 e. The average molecular weight is 306 g/mol. The maximum absolute atomic E-state index is 11.2. The van der Waals surface area contributed by atoms with Crippen LogP contribution in [-0.4, -0.2) is 5.91 Å². The van der Waals surface area contributed by atoms with E-state index in [4.69, 9.17) is 11.5 Å². The molecule has 1 amide bonds. The van der Waals surface area contributed by atoms with Gasteiger partial charge >= 0.3 is 0 Å². The molecule has 0 aliphatic rings. The summed E-state index contributed by atoms with van der Waals surface area (Å²) in [6.07, 6.45) is 0. The molecule has 0 bridgehead atoms. The van der Waals surface area contributed by atoms with Gasteiger partial charge in [-0.2, -0.15) is 0 Å². The Labute approximate surface area is 113 Å². The van der Waals surface area contributed by atoms with Crippen LogP contribution in [0, 0.1) is 0 Å². The van der Waals surface area contributed by atoms with Crippen LogP contribution < -0.4 is 16.8 Å². The topological polar surface area (TPSA) is 81.1 Å². The number of primary amides is 1. The van der Waals surface area contributed by atoms with Crippen LogP contribution in [0.3, 0.4) is 0 Å². The number of nitrogen functional groups attached to an aromatic ring is 1. The van der Waals surface area contributed by atoms with Gasteiger partial charge in [-0.25, -0.2) is 0 Å². The number of carbonyl (C=O) groups is 1. The van der Waals surface area contributed by atoms with Gasteiger partial charge in [0, 0.05) is 10.2 Å². The largest absolute Gasteiger partial charge is 0.396 e. The summed E-state index contributed by atoms with van der Waals surface area (Å²) in [7, 11) is 0. The molecule has 4 nitrogen and oxygen atoms in total. The minimum atomic E-state index is -0.535. The van der Waals surface area contributed by atoms with E-state index in [1.54, 1.807) is 18.2 Å². The van der Waals surface area contributed by atoms with Gasteiger partial charge in [-0.05, 0) is 36.4 Å². The first-order valence-electron chi connectivity index (χ1n) is 5.29. The van der Waals surface area contributed by atoms with Crippen LogP contribution in [0.25, 0.3) is 0 Å². The van der Waals surface area contributed by atoms with Gasteiger partial charge in [0.15, 0.2) is 0 Å². The van der Waals surface area contributed by atoms with Gasteiger partial charge in [-0.15, -0.1) is 0 Å². The van der Waals surface area contributed by atoms with Crippen LogP contribution in [0.5, 0.6) is 0 Å². The third-order valence-corrected chi connectivity index (χ3v) is 3.02. The summed E-state index contributed by atoms with van der Waals surface area (Å²) < 4.78 is 0.993. The maximum atomic E-state index is 11.2. The predicted octanol–water partition coefficient (Wildman–Crippen LogP) is 2.87. The first kappa shape index (κ1) is 12.4. The van der Waals surface area contributed by atoms with Crippen molar-refractivity contribution in [1.29, 1.82) is 0 Å². The van der Waals surface area contributed by atoms with Crippen molar-refractivity contribution in [2.75, 3.05) is 11.1 Å². The van der Waals surface area contributed by atoms with E-state index in [1.807, 2.05) is 24.3 Å². The van der Waals surface area contributed by atoms with Crippen LogP contribution in [0.4, 0.5) is 17.1 Å². The van der Waals surface area contributed by atoms with E-state index < -0.39 is 5.91 Å². The van der Waals surface area contributed by atoms with E-state index in [2.05, 4.69) is 21.2 Å². The van der Waals surface area contributed by atoms with Crippen LogP contribution in [-0.2, 0) is 0 Å². The number of benzene rings is 2. The minimum Gasteiger partial charge on any atom is -0.396 e. The molecule has 2 aromatic rings. The number of nitrogens with one attached hydrogen (secondary N) is 1. The van der Waals surface area contributed by atoms with Gasteiger partial charge < -0.3 is 16.8 Å². The minimum absolute atomic E-state index is 0.317. The Kier molecular flexibility index (Phi) is 3.53. The van der Waals surface area contributed by atoms with E-state index in [-0.39, 0.29) is 0 Å². The fraction of sp³-hybridized carbons (Fsp3) is 0. The Bertz CT molecular complexity index is 581. The zero-order valence-electron chi connectivity index (χ0n) is 9.48. The molecule has 0 saturated heterocycles. The normalized spacial score (nSPS) is 10.1. The quantitative estimate of drug-likeness (QED) is 0.763. The number of hydrogen-bond donors (Lipinski definition) is 3. The number of anilines is 3. The molecule has 2 rings (SSSR count). The van der Waals surface area contributed by atoms with Gasteiger partial charge in [0.25, 0.3) is 5.91 Å². The first-order chi connectivity index (χ1) is 8.58. The molecule has 92 valence electrons. The van der Waals surface area contributed by atoms with Crippen molar-refractivity contribution in [2.24, 2.45) is 5.73 Å². The molecule has 0 radical (unpaired) electrons. The lowest BCUT2D eigenvalue weighted by Crippen LogP contribution is -2.14. The molecule has 0 heterocycles. The fourth-order valence-electron chi connectivity index (χ4n) is 1.58. The van der Waals surface area contributed by atoms with E-state index in [1.165, 1.54) is 0 Å². The second-order valence-corrected chi connectivity index (χ2v) is 4.68. The first-order valence-corrected chi connectivity index (χ1v) is 6.08. The molecule has 0 unspecified atom stereocenters. The zero-order valence-corrected chi connectivity index (χ0v) is 11.1. The number of rotatable bonds is 3. The molecule has 5 N–H and O–H groups in total. The van der Waals surface area contributed by atoms with E-state index >= 15 is 0 Å². The number of nitrogens with two attached hydrogens (primary N) is 2. The highest BCUT2D eigenvalue weighted by Gasteiger charge is 2.09. The monoisotopic (exact) mass is 305 g/mol. The molecule has 5 heteroatoms. The van der Waals surface area contributed by atoms with Crippen LogP contribution in [0.2, 0.25) is 0 Å². The molecule has 0 aliphatic heterocycles. The van der Waals surface area contributed by atoms with Crippen molar-refractivity contribution in [2.45, 2.75) is 0 Å². The Balaban J connectivity index is 2.32. The molecule has 0 aromatic heterocycles. The number of halogens is 1. The molecule has 0 atom stereocenters. The number of hydrogen-bond acceptors (Lipinski definition) is 3. The van der Waals surface area contributed by atoms with Crippen LogP contribution >= 0.6 is 15.9 Å². The van der Waals surface area contributed by atoms with Gasteiger partial charge in [0.1, 0.15) is 0 Å². The molecule has 0 spiro atoms. The summed E-state index contributed by atoms with van der Waals surface area (Å²) in [5.74, 6) is -0.535. The van der Waals surface area contributed by atoms with Crippen molar-refractivity contribution in [1.82, 2.24) is 0 Å².